The summed E-state index contributed by atoms with van der Waals surface area (Å²) in [5.74, 6) is -0.872. The summed E-state index contributed by atoms with van der Waals surface area (Å²) in [6.45, 7) is 1.93. The first-order valence-electron chi connectivity index (χ1n) is 8.64. The van der Waals surface area contributed by atoms with Crippen molar-refractivity contribution < 1.29 is 18.7 Å². The Morgan fingerprint density at radius 1 is 0.885 bits per heavy atom. The number of nitrogens with zero attached hydrogens (tertiary/aromatic N) is 2. The Bertz CT molecular complexity index is 767. The summed E-state index contributed by atoms with van der Waals surface area (Å²) >= 11 is 0. The fourth-order valence-electron chi connectivity index (χ4n) is 2.92. The second-order valence-corrected chi connectivity index (χ2v) is 6.15. The largest absolute Gasteiger partial charge is 0.445 e. The van der Waals surface area contributed by atoms with Crippen molar-refractivity contribution in [2.75, 3.05) is 26.2 Å². The van der Waals surface area contributed by atoms with Crippen molar-refractivity contribution in [3.63, 3.8) is 0 Å². The lowest BCUT2D eigenvalue weighted by molar-refractivity contribution is 0.0744. The van der Waals surface area contributed by atoms with E-state index in [4.69, 9.17) is 4.74 Å². The lowest BCUT2D eigenvalue weighted by Gasteiger charge is -2.22. The Kier molecular flexibility index (Phi) is 5.84. The van der Waals surface area contributed by atoms with Crippen LogP contribution in [0, 0.1) is 5.82 Å². The molecule has 6 heteroatoms. The molecule has 0 atom stereocenters. The van der Waals surface area contributed by atoms with Crippen LogP contribution in [0.25, 0.3) is 0 Å². The van der Waals surface area contributed by atoms with Crippen LogP contribution < -0.4 is 0 Å². The number of carbonyl (C=O) groups excluding carboxylic acids is 2. The molecule has 0 bridgehead atoms. The van der Waals surface area contributed by atoms with E-state index in [1.807, 2.05) is 30.3 Å². The second-order valence-electron chi connectivity index (χ2n) is 6.15. The van der Waals surface area contributed by atoms with Crippen molar-refractivity contribution in [3.8, 4) is 0 Å². The average Bonchev–Trinajstić information content (AvgIpc) is 2.93. The van der Waals surface area contributed by atoms with Gasteiger partial charge in [-0.15, -0.1) is 0 Å². The second kappa shape index (κ2) is 8.47. The number of ether oxygens (including phenoxy) is 1. The van der Waals surface area contributed by atoms with Gasteiger partial charge < -0.3 is 14.5 Å². The predicted molar refractivity (Wildman–Crippen MR) is 95.1 cm³/mol. The normalized spacial score (nSPS) is 14.7. The molecule has 2 aromatic rings. The van der Waals surface area contributed by atoms with Crippen molar-refractivity contribution in [3.05, 3.63) is 71.5 Å². The minimum absolute atomic E-state index is 0.0626. The van der Waals surface area contributed by atoms with Gasteiger partial charge in [0.2, 0.25) is 0 Å². The quantitative estimate of drug-likeness (QED) is 0.848. The zero-order chi connectivity index (χ0) is 18.4. The Hall–Kier alpha value is -2.89. The van der Waals surface area contributed by atoms with Gasteiger partial charge in [0.1, 0.15) is 12.4 Å². The molecule has 0 unspecified atom stereocenters. The highest BCUT2D eigenvalue weighted by molar-refractivity contribution is 5.94. The predicted octanol–water partition coefficient (Wildman–Crippen LogP) is 3.31. The number of halogens is 1. The zero-order valence-electron chi connectivity index (χ0n) is 14.4. The molecule has 2 amide bonds. The molecule has 136 valence electrons. The van der Waals surface area contributed by atoms with Gasteiger partial charge in [-0.2, -0.15) is 0 Å². The molecule has 3 rings (SSSR count). The van der Waals surface area contributed by atoms with Gasteiger partial charge in [0.15, 0.2) is 0 Å². The van der Waals surface area contributed by atoms with E-state index in [0.29, 0.717) is 32.6 Å². The fourth-order valence-corrected chi connectivity index (χ4v) is 2.92. The van der Waals surface area contributed by atoms with Crippen LogP contribution in [0.3, 0.4) is 0 Å². The Morgan fingerprint density at radius 2 is 1.54 bits per heavy atom. The summed E-state index contributed by atoms with van der Waals surface area (Å²) in [5, 5.41) is 0. The van der Waals surface area contributed by atoms with Gasteiger partial charge in [-0.1, -0.05) is 42.5 Å². The molecule has 5 nitrogen and oxygen atoms in total. The van der Waals surface area contributed by atoms with Gasteiger partial charge in [-0.25, -0.2) is 9.18 Å². The Morgan fingerprint density at radius 3 is 2.31 bits per heavy atom. The van der Waals surface area contributed by atoms with Crippen LogP contribution in [0.2, 0.25) is 0 Å². The summed E-state index contributed by atoms with van der Waals surface area (Å²) in [6.07, 6.45) is 0.231. The van der Waals surface area contributed by atoms with Gasteiger partial charge in [-0.05, 0) is 24.1 Å². The highest BCUT2D eigenvalue weighted by Crippen LogP contribution is 2.13. The number of hydrogen-bond donors (Lipinski definition) is 0. The molecule has 26 heavy (non-hydrogen) atoms. The summed E-state index contributed by atoms with van der Waals surface area (Å²) in [7, 11) is 0. The summed E-state index contributed by atoms with van der Waals surface area (Å²) in [4.78, 5) is 28.0. The van der Waals surface area contributed by atoms with Gasteiger partial charge in [0, 0.05) is 26.2 Å². The molecule has 0 N–H and O–H groups in total. The van der Waals surface area contributed by atoms with Crippen molar-refractivity contribution in [2.45, 2.75) is 13.0 Å². The SMILES string of the molecule is O=C(OCc1ccccc1)N1CCCN(C(=O)c2ccccc2F)CC1. The highest BCUT2D eigenvalue weighted by atomic mass is 19.1. The van der Waals surface area contributed by atoms with Gasteiger partial charge >= 0.3 is 6.09 Å². The number of rotatable bonds is 3. The summed E-state index contributed by atoms with van der Waals surface area (Å²) in [5.41, 5.74) is 0.986. The van der Waals surface area contributed by atoms with E-state index in [1.165, 1.54) is 12.1 Å². The van der Waals surface area contributed by atoms with Crippen molar-refractivity contribution in [1.82, 2.24) is 9.80 Å². The molecular weight excluding hydrogens is 335 g/mol. The van der Waals surface area contributed by atoms with Crippen molar-refractivity contribution >= 4 is 12.0 Å². The van der Waals surface area contributed by atoms with E-state index in [0.717, 1.165) is 5.56 Å². The molecule has 0 aliphatic carbocycles. The lowest BCUT2D eigenvalue weighted by Crippen LogP contribution is -2.37. The van der Waals surface area contributed by atoms with Crippen molar-refractivity contribution in [2.24, 2.45) is 0 Å². The van der Waals surface area contributed by atoms with E-state index in [1.54, 1.807) is 21.9 Å². The molecule has 0 spiro atoms. The highest BCUT2D eigenvalue weighted by Gasteiger charge is 2.24. The maximum Gasteiger partial charge on any atom is 0.410 e. The summed E-state index contributed by atoms with van der Waals surface area (Å²) < 4.78 is 19.2. The van der Waals surface area contributed by atoms with E-state index in [-0.39, 0.29) is 18.1 Å². The topological polar surface area (TPSA) is 49.9 Å². The standard InChI is InChI=1S/C20H21FN2O3/c21-18-10-5-4-9-17(18)19(24)22-11-6-12-23(14-13-22)20(25)26-15-16-7-2-1-3-8-16/h1-5,7-10H,6,11-15H2. The summed E-state index contributed by atoms with van der Waals surface area (Å²) in [6, 6.07) is 15.4. The van der Waals surface area contributed by atoms with Gasteiger partial charge in [0.25, 0.3) is 5.91 Å². The van der Waals surface area contributed by atoms with Crippen LogP contribution in [-0.4, -0.2) is 48.0 Å². The maximum absolute atomic E-state index is 13.8. The van der Waals surface area contributed by atoms with Crippen molar-refractivity contribution in [1.29, 1.82) is 0 Å². The van der Waals surface area contributed by atoms with Crippen LogP contribution in [0.15, 0.2) is 54.6 Å². The molecular formula is C20H21FN2O3. The first kappa shape index (κ1) is 17.9. The maximum atomic E-state index is 13.8. The minimum atomic E-state index is -0.527. The molecule has 1 heterocycles. The average molecular weight is 356 g/mol. The molecule has 1 aliphatic heterocycles. The monoisotopic (exact) mass is 356 g/mol. The fraction of sp³-hybridized carbons (Fsp3) is 0.300. The lowest BCUT2D eigenvalue weighted by atomic mass is 10.2. The van der Waals surface area contributed by atoms with E-state index >= 15 is 0 Å². The number of benzene rings is 2. The molecule has 0 radical (unpaired) electrons. The van der Waals surface area contributed by atoms with Crippen LogP contribution in [0.4, 0.5) is 9.18 Å². The van der Waals surface area contributed by atoms with Crippen LogP contribution in [0.1, 0.15) is 22.3 Å². The van der Waals surface area contributed by atoms with Gasteiger partial charge in [0.05, 0.1) is 5.56 Å². The molecule has 0 aromatic heterocycles. The number of amides is 2. The van der Waals surface area contributed by atoms with E-state index in [9.17, 15) is 14.0 Å². The molecule has 2 aromatic carbocycles. The Labute approximate surface area is 152 Å². The first-order valence-corrected chi connectivity index (χ1v) is 8.64. The third kappa shape index (κ3) is 4.39. The van der Waals surface area contributed by atoms with Crippen LogP contribution in [0.5, 0.6) is 0 Å². The van der Waals surface area contributed by atoms with Gasteiger partial charge in [-0.3, -0.25) is 4.79 Å². The minimum Gasteiger partial charge on any atom is -0.445 e. The molecule has 0 saturated carbocycles. The van der Waals surface area contributed by atoms with Crippen LogP contribution in [-0.2, 0) is 11.3 Å². The first-order chi connectivity index (χ1) is 12.6. The molecule has 1 aliphatic rings. The smallest absolute Gasteiger partial charge is 0.410 e. The molecule has 1 saturated heterocycles. The van der Waals surface area contributed by atoms with E-state index in [2.05, 4.69) is 0 Å². The van der Waals surface area contributed by atoms with Crippen LogP contribution >= 0.6 is 0 Å². The zero-order valence-corrected chi connectivity index (χ0v) is 14.4. The molecule has 1 fully saturated rings. The Balaban J connectivity index is 1.55. The third-order valence-electron chi connectivity index (χ3n) is 4.35. The van der Waals surface area contributed by atoms with E-state index < -0.39 is 11.9 Å². The third-order valence-corrected chi connectivity index (χ3v) is 4.35. The number of hydrogen-bond acceptors (Lipinski definition) is 3. The number of carbonyl (C=O) groups is 2.